The van der Waals surface area contributed by atoms with Gasteiger partial charge in [-0.15, -0.1) is 0 Å². The van der Waals surface area contributed by atoms with Crippen LogP contribution in [0, 0.1) is 16.7 Å². The lowest BCUT2D eigenvalue weighted by Crippen LogP contribution is -2.50. The van der Waals surface area contributed by atoms with E-state index < -0.39 is 11.9 Å². The van der Waals surface area contributed by atoms with Gasteiger partial charge in [0, 0.05) is 0 Å². The van der Waals surface area contributed by atoms with Gasteiger partial charge < -0.3 is 14.6 Å². The molecule has 0 aromatic heterocycles. The average Bonchev–Trinajstić information content (AvgIpc) is 2.77. The van der Waals surface area contributed by atoms with E-state index >= 15 is 0 Å². The van der Waals surface area contributed by atoms with Gasteiger partial charge in [0.15, 0.2) is 6.10 Å². The lowest BCUT2D eigenvalue weighted by atomic mass is 9.68. The molecule has 0 aromatic rings. The van der Waals surface area contributed by atoms with Gasteiger partial charge in [-0.05, 0) is 37.2 Å². The maximum Gasteiger partial charge on any atom is 0.232 e. The van der Waals surface area contributed by atoms with E-state index in [-0.39, 0.29) is 5.41 Å². The predicted molar refractivity (Wildman–Crippen MR) is 66.6 cm³/mol. The Labute approximate surface area is 108 Å². The number of aliphatic hydroxyl groups is 1. The summed E-state index contributed by atoms with van der Waals surface area (Å²) < 4.78 is 11.4. The van der Waals surface area contributed by atoms with Crippen molar-refractivity contribution in [1.82, 2.24) is 0 Å². The van der Waals surface area contributed by atoms with Gasteiger partial charge in [-0.3, -0.25) is 0 Å². The molecule has 4 nitrogen and oxygen atoms in total. The largest absolute Gasteiger partial charge is 0.373 e. The summed E-state index contributed by atoms with van der Waals surface area (Å²) in [5, 5.41) is 19.1. The second-order valence-electron chi connectivity index (χ2n) is 5.79. The normalized spacial score (nSPS) is 27.9. The van der Waals surface area contributed by atoms with Crippen LogP contribution >= 0.6 is 0 Å². The molecule has 0 aromatic carbocycles. The molecule has 1 saturated heterocycles. The van der Waals surface area contributed by atoms with E-state index in [1.807, 2.05) is 13.0 Å². The molecule has 18 heavy (non-hydrogen) atoms. The third-order valence-corrected chi connectivity index (χ3v) is 4.00. The Morgan fingerprint density at radius 2 is 1.94 bits per heavy atom. The van der Waals surface area contributed by atoms with Gasteiger partial charge in [-0.2, -0.15) is 5.26 Å². The maximum absolute atomic E-state index is 10.1. The smallest absolute Gasteiger partial charge is 0.232 e. The summed E-state index contributed by atoms with van der Waals surface area (Å²) in [6.45, 7) is 7.15. The zero-order valence-corrected chi connectivity index (χ0v) is 11.3. The Balaban J connectivity index is 2.52. The predicted octanol–water partition coefficient (Wildman–Crippen LogP) is 2.14. The molecule has 1 unspecified atom stereocenters. The lowest BCUT2D eigenvalue weighted by molar-refractivity contribution is -0.186. The summed E-state index contributed by atoms with van der Waals surface area (Å²) in [5.74, 6) is -1.25. The molecule has 0 spiro atoms. The first-order valence-corrected chi connectivity index (χ1v) is 6.50. The molecule has 4 heteroatoms. The van der Waals surface area contributed by atoms with Gasteiger partial charge in [-0.25, -0.2) is 0 Å². The Bertz CT molecular complexity index is 400. The van der Waals surface area contributed by atoms with Crippen molar-refractivity contribution in [2.75, 3.05) is 13.2 Å². The lowest BCUT2D eigenvalue weighted by Gasteiger charge is -2.43. The Hall–Kier alpha value is -0.890. The number of nitrogens with zero attached hydrogens (tertiary/aromatic N) is 1. The maximum atomic E-state index is 10.1. The van der Waals surface area contributed by atoms with Gasteiger partial charge in [0.2, 0.25) is 5.79 Å². The summed E-state index contributed by atoms with van der Waals surface area (Å²) in [6.07, 6.45) is 1.85. The average molecular weight is 251 g/mol. The quantitative estimate of drug-likeness (QED) is 0.603. The summed E-state index contributed by atoms with van der Waals surface area (Å²) in [7, 11) is 0. The summed E-state index contributed by atoms with van der Waals surface area (Å²) >= 11 is 0. The molecule has 0 saturated carbocycles. The van der Waals surface area contributed by atoms with Crippen LogP contribution in [0.15, 0.2) is 11.1 Å². The third-order valence-electron chi connectivity index (χ3n) is 4.00. The molecule has 1 aliphatic carbocycles. The van der Waals surface area contributed by atoms with Crippen LogP contribution in [0.1, 0.15) is 40.0 Å². The van der Waals surface area contributed by atoms with Crippen molar-refractivity contribution in [2.24, 2.45) is 5.41 Å². The van der Waals surface area contributed by atoms with E-state index in [0.29, 0.717) is 13.2 Å². The van der Waals surface area contributed by atoms with Crippen molar-refractivity contribution in [3.63, 3.8) is 0 Å². The van der Waals surface area contributed by atoms with Crippen LogP contribution in [-0.2, 0) is 9.47 Å². The Morgan fingerprint density at radius 1 is 1.33 bits per heavy atom. The van der Waals surface area contributed by atoms with Gasteiger partial charge in [-0.1, -0.05) is 19.4 Å². The van der Waals surface area contributed by atoms with E-state index in [1.165, 1.54) is 5.57 Å². The fraction of sp³-hybridized carbons (Fsp3) is 0.786. The van der Waals surface area contributed by atoms with Gasteiger partial charge in [0.25, 0.3) is 0 Å². The highest BCUT2D eigenvalue weighted by molar-refractivity contribution is 5.33. The van der Waals surface area contributed by atoms with Crippen molar-refractivity contribution < 1.29 is 14.6 Å². The molecule has 0 bridgehead atoms. The molecule has 1 N–H and O–H groups in total. The molecule has 1 aliphatic heterocycles. The number of allylic oxidation sites excluding steroid dienone is 1. The minimum Gasteiger partial charge on any atom is -0.373 e. The Kier molecular flexibility index (Phi) is 3.50. The molecule has 2 aliphatic rings. The fourth-order valence-electron chi connectivity index (χ4n) is 3.34. The number of nitriles is 1. The van der Waals surface area contributed by atoms with E-state index in [4.69, 9.17) is 14.7 Å². The minimum atomic E-state index is -1.28. The number of hydrogen-bond donors (Lipinski definition) is 1. The van der Waals surface area contributed by atoms with Crippen molar-refractivity contribution in [1.29, 1.82) is 5.26 Å². The Morgan fingerprint density at radius 3 is 2.44 bits per heavy atom. The van der Waals surface area contributed by atoms with Crippen LogP contribution in [0.3, 0.4) is 0 Å². The third kappa shape index (κ3) is 1.97. The SMILES string of the molecule is CC1=C(C2(C(O)C#N)OCCO2)C(C)(C)CCC1. The minimum absolute atomic E-state index is 0.107. The van der Waals surface area contributed by atoms with Crippen LogP contribution in [0.2, 0.25) is 0 Å². The highest BCUT2D eigenvalue weighted by atomic mass is 16.7. The molecule has 1 fully saturated rings. The first kappa shape index (κ1) is 13.5. The molecule has 1 atom stereocenters. The van der Waals surface area contributed by atoms with Gasteiger partial charge >= 0.3 is 0 Å². The van der Waals surface area contributed by atoms with Crippen LogP contribution in [0.4, 0.5) is 0 Å². The van der Waals surface area contributed by atoms with Gasteiger partial charge in [0.05, 0.1) is 13.2 Å². The standard InChI is InChI=1S/C14H21NO3/c1-10-5-4-6-13(2,3)12(10)14(11(16)9-15)17-7-8-18-14/h11,16H,4-8H2,1-3H3. The second kappa shape index (κ2) is 4.65. The number of rotatable bonds is 2. The fourth-order valence-corrected chi connectivity index (χ4v) is 3.34. The van der Waals surface area contributed by atoms with Crippen molar-refractivity contribution >= 4 is 0 Å². The first-order chi connectivity index (χ1) is 8.44. The van der Waals surface area contributed by atoms with Crippen LogP contribution in [0.25, 0.3) is 0 Å². The molecule has 0 amide bonds. The molecular formula is C14H21NO3. The topological polar surface area (TPSA) is 62.5 Å². The zero-order chi connectivity index (χ0) is 13.4. The molecule has 1 heterocycles. The van der Waals surface area contributed by atoms with Gasteiger partial charge in [0.1, 0.15) is 6.07 Å². The van der Waals surface area contributed by atoms with Crippen molar-refractivity contribution in [3.8, 4) is 6.07 Å². The first-order valence-electron chi connectivity index (χ1n) is 6.50. The second-order valence-corrected chi connectivity index (χ2v) is 5.79. The number of hydrogen-bond acceptors (Lipinski definition) is 4. The van der Waals surface area contributed by atoms with E-state index in [0.717, 1.165) is 24.8 Å². The van der Waals surface area contributed by atoms with E-state index in [1.54, 1.807) is 0 Å². The molecule has 100 valence electrons. The van der Waals surface area contributed by atoms with Crippen LogP contribution in [0.5, 0.6) is 0 Å². The monoisotopic (exact) mass is 251 g/mol. The van der Waals surface area contributed by atoms with E-state index in [9.17, 15) is 5.11 Å². The van der Waals surface area contributed by atoms with Crippen LogP contribution < -0.4 is 0 Å². The summed E-state index contributed by atoms with van der Waals surface area (Å²) in [6, 6.07) is 1.87. The highest BCUT2D eigenvalue weighted by Gasteiger charge is 2.53. The molecule has 0 radical (unpaired) electrons. The van der Waals surface area contributed by atoms with Crippen molar-refractivity contribution in [3.05, 3.63) is 11.1 Å². The van der Waals surface area contributed by atoms with Crippen molar-refractivity contribution in [2.45, 2.75) is 51.9 Å². The van der Waals surface area contributed by atoms with E-state index in [2.05, 4.69) is 13.8 Å². The highest BCUT2D eigenvalue weighted by Crippen LogP contribution is 2.49. The zero-order valence-electron chi connectivity index (χ0n) is 11.3. The summed E-state index contributed by atoms with van der Waals surface area (Å²) in [5.41, 5.74) is 2.04. The molecular weight excluding hydrogens is 230 g/mol. The summed E-state index contributed by atoms with van der Waals surface area (Å²) in [4.78, 5) is 0. The molecule has 2 rings (SSSR count). The number of aliphatic hydroxyl groups excluding tert-OH is 1. The number of ether oxygens (including phenoxy) is 2. The van der Waals surface area contributed by atoms with Crippen LogP contribution in [-0.4, -0.2) is 30.2 Å².